The number of aromatic nitrogens is 1. The number of hydrogen-bond donors (Lipinski definition) is 1. The fourth-order valence-corrected chi connectivity index (χ4v) is 3.03. The van der Waals surface area contributed by atoms with E-state index in [0.717, 1.165) is 18.0 Å². The van der Waals surface area contributed by atoms with Crippen LogP contribution in [0.1, 0.15) is 31.4 Å². The summed E-state index contributed by atoms with van der Waals surface area (Å²) in [6.45, 7) is 3.45. The van der Waals surface area contributed by atoms with Gasteiger partial charge in [0.1, 0.15) is 0 Å². The lowest BCUT2D eigenvalue weighted by molar-refractivity contribution is 0.333. The van der Waals surface area contributed by atoms with Crippen LogP contribution in [0, 0.1) is 5.92 Å². The monoisotopic (exact) mass is 232 g/mol. The molecule has 2 heterocycles. The largest absolute Gasteiger partial charge is 0.310 e. The Morgan fingerprint density at radius 3 is 3.12 bits per heavy atom. The second kappa shape index (κ2) is 4.15. The lowest BCUT2D eigenvalue weighted by atomic mass is 9.92. The highest BCUT2D eigenvalue weighted by molar-refractivity contribution is 7.16. The molecule has 0 aliphatic carbocycles. The average molecular weight is 232 g/mol. The minimum Gasteiger partial charge on any atom is -0.310 e. The molecular weight excluding hydrogens is 216 g/mol. The fraction of sp³-hybridized carbons (Fsp3) is 0.462. The second-order valence-electron chi connectivity index (χ2n) is 4.72. The van der Waals surface area contributed by atoms with Gasteiger partial charge in [0.2, 0.25) is 0 Å². The highest BCUT2D eigenvalue weighted by atomic mass is 32.1. The van der Waals surface area contributed by atoms with Gasteiger partial charge in [-0.15, -0.1) is 11.3 Å². The molecule has 2 unspecified atom stereocenters. The normalized spacial score (nSPS) is 26.1. The van der Waals surface area contributed by atoms with Crippen molar-refractivity contribution in [3.8, 4) is 0 Å². The molecule has 0 radical (unpaired) electrons. The third-order valence-electron chi connectivity index (χ3n) is 3.42. The van der Waals surface area contributed by atoms with E-state index < -0.39 is 0 Å². The van der Waals surface area contributed by atoms with E-state index >= 15 is 0 Å². The number of hydrogen-bond acceptors (Lipinski definition) is 3. The van der Waals surface area contributed by atoms with Crippen LogP contribution in [0.4, 0.5) is 0 Å². The van der Waals surface area contributed by atoms with Crippen LogP contribution in [-0.2, 0) is 0 Å². The van der Waals surface area contributed by atoms with Crippen LogP contribution >= 0.6 is 11.3 Å². The Morgan fingerprint density at radius 2 is 2.31 bits per heavy atom. The second-order valence-corrected chi connectivity index (χ2v) is 5.61. The van der Waals surface area contributed by atoms with E-state index in [9.17, 15) is 0 Å². The van der Waals surface area contributed by atoms with Crippen LogP contribution in [0.15, 0.2) is 23.7 Å². The topological polar surface area (TPSA) is 24.9 Å². The number of nitrogens with one attached hydrogen (secondary N) is 1. The molecular formula is C13H16N2S. The molecule has 3 heteroatoms. The number of piperidine rings is 1. The average Bonchev–Trinajstić information content (AvgIpc) is 2.77. The lowest BCUT2D eigenvalue weighted by Gasteiger charge is -2.28. The Bertz CT molecular complexity index is 483. The third kappa shape index (κ3) is 1.85. The van der Waals surface area contributed by atoms with E-state index in [1.54, 1.807) is 11.3 Å². The summed E-state index contributed by atoms with van der Waals surface area (Å²) in [5.74, 6) is 0.819. The van der Waals surface area contributed by atoms with Gasteiger partial charge in [0.25, 0.3) is 0 Å². The highest BCUT2D eigenvalue weighted by Gasteiger charge is 2.19. The van der Waals surface area contributed by atoms with Crippen LogP contribution in [0.25, 0.3) is 10.2 Å². The Labute approximate surface area is 99.7 Å². The molecule has 16 heavy (non-hydrogen) atoms. The zero-order valence-corrected chi connectivity index (χ0v) is 10.3. The molecule has 1 aromatic carbocycles. The van der Waals surface area contributed by atoms with E-state index in [1.165, 1.54) is 23.1 Å². The molecule has 2 aromatic rings. The smallest absolute Gasteiger partial charge is 0.0815 e. The van der Waals surface area contributed by atoms with Crippen molar-refractivity contribution in [2.24, 2.45) is 5.92 Å². The summed E-state index contributed by atoms with van der Waals surface area (Å²) in [6, 6.07) is 7.21. The van der Waals surface area contributed by atoms with Crippen molar-refractivity contribution in [1.29, 1.82) is 0 Å². The van der Waals surface area contributed by atoms with Crippen LogP contribution < -0.4 is 5.32 Å². The van der Waals surface area contributed by atoms with Gasteiger partial charge in [-0.05, 0) is 43.0 Å². The van der Waals surface area contributed by atoms with Gasteiger partial charge < -0.3 is 5.32 Å². The minimum absolute atomic E-state index is 0.530. The summed E-state index contributed by atoms with van der Waals surface area (Å²) in [4.78, 5) is 4.38. The summed E-state index contributed by atoms with van der Waals surface area (Å²) in [7, 11) is 0. The maximum absolute atomic E-state index is 4.38. The number of thiazole rings is 1. The van der Waals surface area contributed by atoms with E-state index in [-0.39, 0.29) is 0 Å². The maximum Gasteiger partial charge on any atom is 0.0815 e. The molecule has 0 spiro atoms. The van der Waals surface area contributed by atoms with Crippen LogP contribution in [0.3, 0.4) is 0 Å². The molecule has 0 saturated carbocycles. The molecule has 1 fully saturated rings. The van der Waals surface area contributed by atoms with Gasteiger partial charge >= 0.3 is 0 Å². The highest BCUT2D eigenvalue weighted by Crippen LogP contribution is 2.28. The van der Waals surface area contributed by atoms with Gasteiger partial charge in [-0.1, -0.05) is 13.0 Å². The SMILES string of the molecule is CC1CCC(c2ccc3scnc3c2)NC1. The minimum atomic E-state index is 0.530. The van der Waals surface area contributed by atoms with Crippen molar-refractivity contribution >= 4 is 21.6 Å². The first-order valence-electron chi connectivity index (χ1n) is 5.89. The number of rotatable bonds is 1. The Kier molecular flexibility index (Phi) is 2.65. The molecule has 1 N–H and O–H groups in total. The molecule has 0 amide bonds. The van der Waals surface area contributed by atoms with E-state index in [1.807, 2.05) is 5.51 Å². The number of benzene rings is 1. The van der Waals surface area contributed by atoms with Gasteiger partial charge in [-0.2, -0.15) is 0 Å². The first-order valence-corrected chi connectivity index (χ1v) is 6.77. The Hall–Kier alpha value is -0.930. The van der Waals surface area contributed by atoms with Crippen molar-refractivity contribution in [2.45, 2.75) is 25.8 Å². The summed E-state index contributed by atoms with van der Waals surface area (Å²) in [6.07, 6.45) is 2.57. The summed E-state index contributed by atoms with van der Waals surface area (Å²) >= 11 is 1.71. The van der Waals surface area contributed by atoms with Crippen LogP contribution in [0.2, 0.25) is 0 Å². The third-order valence-corrected chi connectivity index (χ3v) is 4.23. The van der Waals surface area contributed by atoms with Crippen molar-refractivity contribution in [3.05, 3.63) is 29.3 Å². The molecule has 1 aliphatic heterocycles. The molecule has 1 aliphatic rings. The van der Waals surface area contributed by atoms with Gasteiger partial charge in [0.15, 0.2) is 0 Å². The zero-order valence-electron chi connectivity index (χ0n) is 9.44. The quantitative estimate of drug-likeness (QED) is 0.815. The summed E-state index contributed by atoms with van der Waals surface area (Å²) < 4.78 is 1.29. The van der Waals surface area contributed by atoms with Gasteiger partial charge in [0.05, 0.1) is 15.7 Å². The van der Waals surface area contributed by atoms with Gasteiger partial charge in [0, 0.05) is 6.04 Å². The zero-order chi connectivity index (χ0) is 11.0. The van der Waals surface area contributed by atoms with Crippen molar-refractivity contribution in [2.75, 3.05) is 6.54 Å². The van der Waals surface area contributed by atoms with Crippen molar-refractivity contribution in [1.82, 2.24) is 10.3 Å². The molecule has 84 valence electrons. The fourth-order valence-electron chi connectivity index (χ4n) is 2.37. The van der Waals surface area contributed by atoms with Crippen LogP contribution in [-0.4, -0.2) is 11.5 Å². The van der Waals surface area contributed by atoms with Gasteiger partial charge in [-0.3, -0.25) is 0 Å². The molecule has 2 atom stereocenters. The maximum atomic E-state index is 4.38. The van der Waals surface area contributed by atoms with Crippen LogP contribution in [0.5, 0.6) is 0 Å². The Balaban J connectivity index is 1.87. The number of nitrogens with zero attached hydrogens (tertiary/aromatic N) is 1. The number of fused-ring (bicyclic) bond motifs is 1. The van der Waals surface area contributed by atoms with E-state index in [4.69, 9.17) is 0 Å². The predicted octanol–water partition coefficient (Wildman–Crippen LogP) is 3.36. The van der Waals surface area contributed by atoms with Crippen molar-refractivity contribution < 1.29 is 0 Å². The van der Waals surface area contributed by atoms with Gasteiger partial charge in [-0.25, -0.2) is 4.98 Å². The van der Waals surface area contributed by atoms with E-state index in [2.05, 4.69) is 35.4 Å². The lowest BCUT2D eigenvalue weighted by Crippen LogP contribution is -2.31. The Morgan fingerprint density at radius 1 is 1.38 bits per heavy atom. The summed E-state index contributed by atoms with van der Waals surface area (Å²) in [5.41, 5.74) is 4.46. The molecule has 3 rings (SSSR count). The standard InChI is InChI=1S/C13H16N2S/c1-9-2-4-11(14-7-9)10-3-5-13-12(6-10)15-8-16-13/h3,5-6,8-9,11,14H,2,4,7H2,1H3. The van der Waals surface area contributed by atoms with Crippen molar-refractivity contribution in [3.63, 3.8) is 0 Å². The molecule has 1 saturated heterocycles. The molecule has 2 nitrogen and oxygen atoms in total. The first-order chi connectivity index (χ1) is 7.83. The summed E-state index contributed by atoms with van der Waals surface area (Å²) in [5, 5.41) is 3.62. The molecule has 0 bridgehead atoms. The molecule has 1 aromatic heterocycles. The van der Waals surface area contributed by atoms with E-state index in [0.29, 0.717) is 6.04 Å². The first kappa shape index (κ1) is 10.2. The predicted molar refractivity (Wildman–Crippen MR) is 68.8 cm³/mol.